The van der Waals surface area contributed by atoms with Gasteiger partial charge in [0.15, 0.2) is 0 Å². The summed E-state index contributed by atoms with van der Waals surface area (Å²) in [5.74, 6) is 0. The highest BCUT2D eigenvalue weighted by atomic mass is 28.3. The van der Waals surface area contributed by atoms with Crippen LogP contribution in [0, 0.1) is 0 Å². The smallest absolute Gasteiger partial charge is 0.124 e. The van der Waals surface area contributed by atoms with Crippen molar-refractivity contribution in [2.24, 2.45) is 0 Å². The van der Waals surface area contributed by atoms with Gasteiger partial charge in [-0.15, -0.1) is 0 Å². The summed E-state index contributed by atoms with van der Waals surface area (Å²) in [6, 6.07) is 2.97. The Labute approximate surface area is 85.6 Å². The highest BCUT2D eigenvalue weighted by Crippen LogP contribution is 2.23. The molecule has 0 fully saturated rings. The first-order valence-corrected chi connectivity index (χ1v) is 8.60. The van der Waals surface area contributed by atoms with Crippen molar-refractivity contribution < 1.29 is 0 Å². The molecule has 0 spiro atoms. The average molecular weight is 201 g/mol. The molecule has 0 amide bonds. The highest BCUT2D eigenvalue weighted by molar-refractivity contribution is 6.75. The van der Waals surface area contributed by atoms with Gasteiger partial charge in [-0.05, 0) is 26.2 Å². The Kier molecular flexibility index (Phi) is 6.69. The summed E-state index contributed by atoms with van der Waals surface area (Å²) in [7, 11) is 3.52. The normalized spacial score (nSPS) is 12.5. The van der Waals surface area contributed by atoms with E-state index in [0.717, 1.165) is 0 Å². The summed E-state index contributed by atoms with van der Waals surface area (Å²) in [6.07, 6.45) is 5.54. The van der Waals surface area contributed by atoms with E-state index in [1.807, 2.05) is 0 Å². The maximum absolute atomic E-state index is 2.54. The third kappa shape index (κ3) is 4.82. The Bertz CT molecular complexity index is 115. The molecule has 13 heavy (non-hydrogen) atoms. The summed E-state index contributed by atoms with van der Waals surface area (Å²) < 4.78 is 2.54. The molecule has 0 aliphatic rings. The summed E-state index contributed by atoms with van der Waals surface area (Å²) in [5.41, 5.74) is 0. The van der Waals surface area contributed by atoms with E-state index in [0.29, 0.717) is 0 Å². The molecule has 0 aromatic rings. The lowest BCUT2D eigenvalue weighted by atomic mass is 10.4. The number of nitrogens with zero attached hydrogens (tertiary/aromatic N) is 1. The van der Waals surface area contributed by atoms with E-state index in [1.54, 1.807) is 0 Å². The van der Waals surface area contributed by atoms with Crippen LogP contribution in [0.3, 0.4) is 0 Å². The molecular formula is C11H27NSi. The van der Waals surface area contributed by atoms with Gasteiger partial charge >= 0.3 is 0 Å². The zero-order chi connectivity index (χ0) is 10.3. The second-order valence-corrected chi connectivity index (χ2v) is 9.49. The van der Waals surface area contributed by atoms with E-state index in [2.05, 4.69) is 39.1 Å². The lowest BCUT2D eigenvalue weighted by Crippen LogP contribution is -2.46. The molecule has 0 aliphatic carbocycles. The Morgan fingerprint density at radius 3 is 1.54 bits per heavy atom. The number of hydrogen-bond acceptors (Lipinski definition) is 1. The van der Waals surface area contributed by atoms with E-state index in [4.69, 9.17) is 0 Å². The quantitative estimate of drug-likeness (QED) is 0.567. The van der Waals surface area contributed by atoms with Gasteiger partial charge in [0.1, 0.15) is 8.24 Å². The molecule has 0 unspecified atom stereocenters. The third-order valence-electron chi connectivity index (χ3n) is 3.22. The maximum atomic E-state index is 2.54. The van der Waals surface area contributed by atoms with Crippen LogP contribution in [0.1, 0.15) is 39.5 Å². The topological polar surface area (TPSA) is 3.24 Å². The molecule has 0 aromatic heterocycles. The molecule has 0 bridgehead atoms. The van der Waals surface area contributed by atoms with Gasteiger partial charge in [-0.1, -0.05) is 46.1 Å². The molecule has 80 valence electrons. The number of hydrogen-bond donors (Lipinski definition) is 0. The molecule has 0 saturated carbocycles. The van der Waals surface area contributed by atoms with Crippen LogP contribution in [-0.2, 0) is 0 Å². The first kappa shape index (κ1) is 13.2. The second-order valence-electron chi connectivity index (χ2n) is 4.60. The van der Waals surface area contributed by atoms with Crippen LogP contribution in [0.2, 0.25) is 18.6 Å². The zero-order valence-electron chi connectivity index (χ0n) is 10.2. The van der Waals surface area contributed by atoms with Crippen molar-refractivity contribution in [3.63, 3.8) is 0 Å². The summed E-state index contributed by atoms with van der Waals surface area (Å²) in [4.78, 5) is 0. The maximum Gasteiger partial charge on any atom is 0.124 e. The van der Waals surface area contributed by atoms with E-state index >= 15 is 0 Å². The van der Waals surface area contributed by atoms with Crippen LogP contribution < -0.4 is 0 Å². The van der Waals surface area contributed by atoms with Crippen LogP contribution in [0.5, 0.6) is 0 Å². The summed E-state index contributed by atoms with van der Waals surface area (Å²) in [6.45, 7) is 7.13. The lowest BCUT2D eigenvalue weighted by molar-refractivity contribution is 0.592. The molecule has 1 nitrogen and oxygen atoms in total. The van der Waals surface area contributed by atoms with E-state index < -0.39 is 8.24 Å². The molecule has 0 atom stereocenters. The van der Waals surface area contributed by atoms with Gasteiger partial charge in [-0.2, -0.15) is 0 Å². The SMILES string of the molecule is CCCC[Si](C)(CCCC)N(C)C. The van der Waals surface area contributed by atoms with Crippen LogP contribution in [0.15, 0.2) is 0 Å². The molecule has 0 radical (unpaired) electrons. The van der Waals surface area contributed by atoms with E-state index in [-0.39, 0.29) is 0 Å². The van der Waals surface area contributed by atoms with Gasteiger partial charge in [-0.3, -0.25) is 0 Å². The van der Waals surface area contributed by atoms with Gasteiger partial charge in [-0.25, -0.2) is 0 Å². The molecule has 0 saturated heterocycles. The minimum atomic E-state index is -1.04. The molecule has 0 rings (SSSR count). The average Bonchev–Trinajstić information content (AvgIpc) is 2.11. The van der Waals surface area contributed by atoms with Gasteiger partial charge in [0.2, 0.25) is 0 Å². The zero-order valence-corrected chi connectivity index (χ0v) is 11.2. The fraction of sp³-hybridized carbons (Fsp3) is 1.00. The first-order valence-electron chi connectivity index (χ1n) is 5.74. The van der Waals surface area contributed by atoms with Crippen molar-refractivity contribution in [3.8, 4) is 0 Å². The third-order valence-corrected chi connectivity index (χ3v) is 8.24. The number of rotatable bonds is 7. The van der Waals surface area contributed by atoms with Gasteiger partial charge in [0.25, 0.3) is 0 Å². The first-order chi connectivity index (χ1) is 6.06. The largest absolute Gasteiger partial charge is 0.329 e. The molecule has 2 heteroatoms. The highest BCUT2D eigenvalue weighted by Gasteiger charge is 2.28. The monoisotopic (exact) mass is 201 g/mol. The Hall–Kier alpha value is 0.177. The summed E-state index contributed by atoms with van der Waals surface area (Å²) >= 11 is 0. The number of unbranched alkanes of at least 4 members (excludes halogenated alkanes) is 2. The molecule has 0 aliphatic heterocycles. The van der Waals surface area contributed by atoms with Gasteiger partial charge in [0.05, 0.1) is 0 Å². The fourth-order valence-corrected chi connectivity index (χ4v) is 5.06. The van der Waals surface area contributed by atoms with E-state index in [1.165, 1.54) is 37.8 Å². The molecule has 0 N–H and O–H groups in total. The van der Waals surface area contributed by atoms with Crippen molar-refractivity contribution in [1.29, 1.82) is 0 Å². The minimum Gasteiger partial charge on any atom is -0.329 e. The van der Waals surface area contributed by atoms with Crippen LogP contribution in [0.25, 0.3) is 0 Å². The van der Waals surface area contributed by atoms with E-state index in [9.17, 15) is 0 Å². The van der Waals surface area contributed by atoms with Crippen molar-refractivity contribution in [1.82, 2.24) is 4.57 Å². The standard InChI is InChI=1S/C11H27NSi/c1-6-8-10-13(5,12(3)4)11-9-7-2/h6-11H2,1-5H3. The Morgan fingerprint density at radius 1 is 0.923 bits per heavy atom. The van der Waals surface area contributed by atoms with Crippen molar-refractivity contribution in [3.05, 3.63) is 0 Å². The van der Waals surface area contributed by atoms with Crippen molar-refractivity contribution in [2.75, 3.05) is 14.1 Å². The molecular weight excluding hydrogens is 174 g/mol. The minimum absolute atomic E-state index is 1.04. The molecule has 0 aromatic carbocycles. The predicted molar refractivity (Wildman–Crippen MR) is 64.7 cm³/mol. The second kappa shape index (κ2) is 6.60. The Balaban J connectivity index is 4.00. The fourth-order valence-electron chi connectivity index (χ4n) is 1.69. The van der Waals surface area contributed by atoms with Crippen LogP contribution >= 0.6 is 0 Å². The molecule has 0 heterocycles. The van der Waals surface area contributed by atoms with Crippen LogP contribution in [0.4, 0.5) is 0 Å². The Morgan fingerprint density at radius 2 is 1.31 bits per heavy atom. The van der Waals surface area contributed by atoms with Crippen molar-refractivity contribution >= 4 is 8.24 Å². The van der Waals surface area contributed by atoms with Crippen LogP contribution in [-0.4, -0.2) is 26.9 Å². The van der Waals surface area contributed by atoms with Crippen molar-refractivity contribution in [2.45, 2.75) is 58.2 Å². The van der Waals surface area contributed by atoms with Gasteiger partial charge < -0.3 is 4.57 Å². The summed E-state index contributed by atoms with van der Waals surface area (Å²) in [5, 5.41) is 0. The predicted octanol–water partition coefficient (Wildman–Crippen LogP) is 3.72. The lowest BCUT2D eigenvalue weighted by Gasteiger charge is -2.34. The van der Waals surface area contributed by atoms with Gasteiger partial charge in [0, 0.05) is 0 Å².